The van der Waals surface area contributed by atoms with Crippen LogP contribution in [0.3, 0.4) is 0 Å². The molecule has 0 radical (unpaired) electrons. The Morgan fingerprint density at radius 2 is 1.95 bits per heavy atom. The first-order valence-electron chi connectivity index (χ1n) is 6.06. The zero-order chi connectivity index (χ0) is 14.1. The highest BCUT2D eigenvalue weighted by molar-refractivity contribution is 9.10. The van der Waals surface area contributed by atoms with Gasteiger partial charge in [-0.1, -0.05) is 15.9 Å². The molecule has 0 aliphatic carbocycles. The second-order valence-corrected chi connectivity index (χ2v) is 5.29. The quantitative estimate of drug-likeness (QED) is 0.767. The first-order valence-corrected chi connectivity index (χ1v) is 6.85. The van der Waals surface area contributed by atoms with Crippen LogP contribution in [0.15, 0.2) is 51.4 Å². The third-order valence-electron chi connectivity index (χ3n) is 2.86. The molecule has 1 heterocycles. The Bertz CT molecular complexity index is 778. The number of oxazole rings is 1. The van der Waals surface area contributed by atoms with Gasteiger partial charge in [0.25, 0.3) is 5.91 Å². The number of fused-ring (bicyclic) bond motifs is 1. The van der Waals surface area contributed by atoms with Crippen LogP contribution >= 0.6 is 15.9 Å². The van der Waals surface area contributed by atoms with Gasteiger partial charge in [-0.2, -0.15) is 0 Å². The smallest absolute Gasteiger partial charge is 0.255 e. The Morgan fingerprint density at radius 3 is 2.70 bits per heavy atom. The summed E-state index contributed by atoms with van der Waals surface area (Å²) in [6.45, 7) is 1.78. The number of anilines is 1. The number of nitrogens with one attached hydrogen (secondary N) is 1. The van der Waals surface area contributed by atoms with Crippen molar-refractivity contribution in [3.8, 4) is 0 Å². The number of rotatable bonds is 2. The standard InChI is InChI=1S/C15H11BrN2O2/c1-9-17-13-8-10(2-7-14(13)20-9)15(19)18-12-5-3-11(16)4-6-12/h2-8H,1H3,(H,18,19). The maximum atomic E-state index is 12.2. The van der Waals surface area contributed by atoms with E-state index in [9.17, 15) is 4.79 Å². The van der Waals surface area contributed by atoms with Crippen LogP contribution in [0.25, 0.3) is 11.1 Å². The van der Waals surface area contributed by atoms with E-state index in [0.717, 1.165) is 10.2 Å². The van der Waals surface area contributed by atoms with Gasteiger partial charge < -0.3 is 9.73 Å². The molecule has 1 N–H and O–H groups in total. The van der Waals surface area contributed by atoms with Crippen molar-refractivity contribution < 1.29 is 9.21 Å². The van der Waals surface area contributed by atoms with Crippen LogP contribution < -0.4 is 5.32 Å². The number of hydrogen-bond acceptors (Lipinski definition) is 3. The highest BCUT2D eigenvalue weighted by Gasteiger charge is 2.09. The lowest BCUT2D eigenvalue weighted by molar-refractivity contribution is 0.102. The molecule has 2 aromatic carbocycles. The predicted molar refractivity (Wildman–Crippen MR) is 80.8 cm³/mol. The van der Waals surface area contributed by atoms with Crippen molar-refractivity contribution in [2.45, 2.75) is 6.92 Å². The van der Waals surface area contributed by atoms with Gasteiger partial charge in [0.05, 0.1) is 0 Å². The highest BCUT2D eigenvalue weighted by atomic mass is 79.9. The molecule has 0 bridgehead atoms. The minimum absolute atomic E-state index is 0.171. The molecule has 0 unspecified atom stereocenters. The molecule has 1 aromatic heterocycles. The molecule has 0 atom stereocenters. The van der Waals surface area contributed by atoms with Crippen molar-refractivity contribution in [2.24, 2.45) is 0 Å². The summed E-state index contributed by atoms with van der Waals surface area (Å²) in [4.78, 5) is 16.4. The molecule has 4 nitrogen and oxygen atoms in total. The summed E-state index contributed by atoms with van der Waals surface area (Å²) in [6, 6.07) is 12.6. The van der Waals surface area contributed by atoms with Crippen molar-refractivity contribution >= 4 is 38.6 Å². The Morgan fingerprint density at radius 1 is 1.20 bits per heavy atom. The summed E-state index contributed by atoms with van der Waals surface area (Å²) < 4.78 is 6.35. The molecule has 3 aromatic rings. The van der Waals surface area contributed by atoms with Gasteiger partial charge in [-0.25, -0.2) is 4.98 Å². The van der Waals surface area contributed by atoms with Crippen molar-refractivity contribution in [1.29, 1.82) is 0 Å². The lowest BCUT2D eigenvalue weighted by atomic mass is 10.2. The number of hydrogen-bond donors (Lipinski definition) is 1. The topological polar surface area (TPSA) is 55.1 Å². The molecule has 0 aliphatic heterocycles. The lowest BCUT2D eigenvalue weighted by Crippen LogP contribution is -2.11. The summed E-state index contributed by atoms with van der Waals surface area (Å²) in [5, 5.41) is 2.84. The van der Waals surface area contributed by atoms with E-state index < -0.39 is 0 Å². The molecule has 0 aliphatic rings. The van der Waals surface area contributed by atoms with Gasteiger partial charge in [0, 0.05) is 22.6 Å². The van der Waals surface area contributed by atoms with E-state index in [0.29, 0.717) is 22.6 Å². The Balaban J connectivity index is 1.86. The molecule has 0 saturated carbocycles. The fourth-order valence-electron chi connectivity index (χ4n) is 1.92. The monoisotopic (exact) mass is 330 g/mol. The first kappa shape index (κ1) is 12.9. The average Bonchev–Trinajstić information content (AvgIpc) is 2.80. The van der Waals surface area contributed by atoms with E-state index in [-0.39, 0.29) is 5.91 Å². The molecule has 5 heteroatoms. The second-order valence-electron chi connectivity index (χ2n) is 4.38. The lowest BCUT2D eigenvalue weighted by Gasteiger charge is -2.05. The van der Waals surface area contributed by atoms with Gasteiger partial charge in [0.15, 0.2) is 11.5 Å². The molecule has 3 rings (SSSR count). The number of aryl methyl sites for hydroxylation is 1. The van der Waals surface area contributed by atoms with Gasteiger partial charge in [-0.05, 0) is 42.5 Å². The van der Waals surface area contributed by atoms with Crippen molar-refractivity contribution in [3.63, 3.8) is 0 Å². The van der Waals surface area contributed by atoms with Crippen molar-refractivity contribution in [1.82, 2.24) is 4.98 Å². The molecule has 1 amide bonds. The fourth-order valence-corrected chi connectivity index (χ4v) is 2.18. The van der Waals surface area contributed by atoms with E-state index in [1.54, 1.807) is 25.1 Å². The van der Waals surface area contributed by atoms with Crippen LogP contribution in [0, 0.1) is 6.92 Å². The normalized spacial score (nSPS) is 10.7. The van der Waals surface area contributed by atoms with Crippen molar-refractivity contribution in [2.75, 3.05) is 5.32 Å². The number of amides is 1. The van der Waals surface area contributed by atoms with Gasteiger partial charge in [0.1, 0.15) is 5.52 Å². The van der Waals surface area contributed by atoms with Crippen LogP contribution in [0.2, 0.25) is 0 Å². The number of halogens is 1. The summed E-state index contributed by atoms with van der Waals surface area (Å²) in [5.74, 6) is 0.417. The largest absolute Gasteiger partial charge is 0.441 e. The number of benzene rings is 2. The fraction of sp³-hybridized carbons (Fsp3) is 0.0667. The van der Waals surface area contributed by atoms with Crippen LogP contribution in [-0.4, -0.2) is 10.9 Å². The maximum absolute atomic E-state index is 12.2. The molecule has 20 heavy (non-hydrogen) atoms. The zero-order valence-electron chi connectivity index (χ0n) is 10.7. The second kappa shape index (κ2) is 5.09. The number of carbonyl (C=O) groups is 1. The van der Waals surface area contributed by atoms with Gasteiger partial charge in [0.2, 0.25) is 0 Å². The van der Waals surface area contributed by atoms with E-state index in [1.165, 1.54) is 0 Å². The minimum Gasteiger partial charge on any atom is -0.441 e. The summed E-state index contributed by atoms with van der Waals surface area (Å²) in [7, 11) is 0. The summed E-state index contributed by atoms with van der Waals surface area (Å²) >= 11 is 3.35. The number of nitrogens with zero attached hydrogens (tertiary/aromatic N) is 1. The van der Waals surface area contributed by atoms with E-state index in [4.69, 9.17) is 4.42 Å². The van der Waals surface area contributed by atoms with Crippen molar-refractivity contribution in [3.05, 3.63) is 58.4 Å². The van der Waals surface area contributed by atoms with Gasteiger partial charge in [-0.3, -0.25) is 4.79 Å². The van der Waals surface area contributed by atoms with Crippen LogP contribution in [0.1, 0.15) is 16.2 Å². The molecular weight excluding hydrogens is 320 g/mol. The Hall–Kier alpha value is -2.14. The predicted octanol–water partition coefficient (Wildman–Crippen LogP) is 4.15. The molecule has 0 fully saturated rings. The maximum Gasteiger partial charge on any atom is 0.255 e. The third kappa shape index (κ3) is 2.58. The molecular formula is C15H11BrN2O2. The average molecular weight is 331 g/mol. The zero-order valence-corrected chi connectivity index (χ0v) is 12.3. The number of carbonyl (C=O) groups excluding carboxylic acids is 1. The molecule has 0 spiro atoms. The van der Waals surface area contributed by atoms with E-state index >= 15 is 0 Å². The SMILES string of the molecule is Cc1nc2cc(C(=O)Nc3ccc(Br)cc3)ccc2o1. The number of aromatic nitrogens is 1. The first-order chi connectivity index (χ1) is 9.61. The highest BCUT2D eigenvalue weighted by Crippen LogP contribution is 2.19. The van der Waals surface area contributed by atoms with Gasteiger partial charge in [-0.15, -0.1) is 0 Å². The summed E-state index contributed by atoms with van der Waals surface area (Å²) in [6.07, 6.45) is 0. The van der Waals surface area contributed by atoms with Gasteiger partial charge >= 0.3 is 0 Å². The van der Waals surface area contributed by atoms with E-state index in [2.05, 4.69) is 26.2 Å². The molecule has 100 valence electrons. The minimum atomic E-state index is -0.171. The van der Waals surface area contributed by atoms with Crippen LogP contribution in [0.4, 0.5) is 5.69 Å². The third-order valence-corrected chi connectivity index (χ3v) is 3.39. The van der Waals surface area contributed by atoms with Crippen LogP contribution in [-0.2, 0) is 0 Å². The van der Waals surface area contributed by atoms with E-state index in [1.807, 2.05) is 24.3 Å². The molecule has 0 saturated heterocycles. The Kier molecular flexibility index (Phi) is 3.28. The van der Waals surface area contributed by atoms with Crippen LogP contribution in [0.5, 0.6) is 0 Å². The summed E-state index contributed by atoms with van der Waals surface area (Å²) in [5.41, 5.74) is 2.66. The Labute approximate surface area is 123 Å².